The van der Waals surface area contributed by atoms with Gasteiger partial charge in [0.1, 0.15) is 12.4 Å². The topological polar surface area (TPSA) is 50.4 Å². The molecule has 0 aliphatic carbocycles. The summed E-state index contributed by atoms with van der Waals surface area (Å²) in [6, 6.07) is 16.4. The van der Waals surface area contributed by atoms with E-state index in [1.807, 2.05) is 38.1 Å². The van der Waals surface area contributed by atoms with Gasteiger partial charge in [-0.2, -0.15) is 0 Å². The second kappa shape index (κ2) is 9.08. The minimum Gasteiger partial charge on any atom is -0.489 e. The van der Waals surface area contributed by atoms with Crippen LogP contribution in [-0.4, -0.2) is 18.5 Å². The van der Waals surface area contributed by atoms with E-state index in [0.29, 0.717) is 19.7 Å². The summed E-state index contributed by atoms with van der Waals surface area (Å²) in [7, 11) is 0. The molecule has 0 atom stereocenters. The molecule has 0 aliphatic heterocycles. The maximum absolute atomic E-state index is 11.5. The fraction of sp³-hybridized carbons (Fsp3) is 0.350. The molecule has 2 N–H and O–H groups in total. The Morgan fingerprint density at radius 3 is 2.25 bits per heavy atom. The normalized spacial score (nSPS) is 10.7. The number of nitrogens with one attached hydrogen (secondary N) is 2. The molecule has 4 nitrogen and oxygen atoms in total. The van der Waals surface area contributed by atoms with Gasteiger partial charge in [0.15, 0.2) is 0 Å². The van der Waals surface area contributed by atoms with E-state index in [-0.39, 0.29) is 11.9 Å². The van der Waals surface area contributed by atoms with Crippen LogP contribution >= 0.6 is 0 Å². The van der Waals surface area contributed by atoms with Crippen LogP contribution in [0.1, 0.15) is 30.5 Å². The molecule has 0 radical (unpaired) electrons. The molecule has 0 heterocycles. The Balaban J connectivity index is 1.74. The minimum atomic E-state index is 0.0167. The molecule has 0 spiro atoms. The maximum Gasteiger partial charge on any atom is 0.234 e. The lowest BCUT2D eigenvalue weighted by atomic mass is 10.2. The van der Waals surface area contributed by atoms with Crippen LogP contribution in [-0.2, 0) is 17.9 Å². The summed E-state index contributed by atoms with van der Waals surface area (Å²) in [5.41, 5.74) is 3.52. The van der Waals surface area contributed by atoms with Gasteiger partial charge in [-0.15, -0.1) is 0 Å². The lowest BCUT2D eigenvalue weighted by Gasteiger charge is -2.10. The Morgan fingerprint density at radius 1 is 1.00 bits per heavy atom. The van der Waals surface area contributed by atoms with E-state index in [4.69, 9.17) is 4.74 Å². The van der Waals surface area contributed by atoms with Gasteiger partial charge in [-0.1, -0.05) is 42.0 Å². The molecule has 0 saturated carbocycles. The third-order valence-corrected chi connectivity index (χ3v) is 3.51. The Morgan fingerprint density at radius 2 is 1.62 bits per heavy atom. The number of carbonyl (C=O) groups excluding carboxylic acids is 1. The number of benzene rings is 2. The Bertz CT molecular complexity index is 634. The number of hydrogen-bond acceptors (Lipinski definition) is 3. The highest BCUT2D eigenvalue weighted by Crippen LogP contribution is 2.14. The highest BCUT2D eigenvalue weighted by Gasteiger charge is 2.02. The summed E-state index contributed by atoms with van der Waals surface area (Å²) < 4.78 is 5.79. The van der Waals surface area contributed by atoms with E-state index in [1.165, 1.54) is 5.56 Å². The van der Waals surface area contributed by atoms with Crippen molar-refractivity contribution in [2.24, 2.45) is 0 Å². The second-order valence-corrected chi connectivity index (χ2v) is 6.24. The zero-order valence-electron chi connectivity index (χ0n) is 14.6. The highest BCUT2D eigenvalue weighted by molar-refractivity contribution is 5.78. The van der Waals surface area contributed by atoms with Crippen molar-refractivity contribution in [2.45, 2.75) is 40.0 Å². The molecular weight excluding hydrogens is 300 g/mol. The first-order chi connectivity index (χ1) is 11.5. The number of rotatable bonds is 8. The molecule has 4 heteroatoms. The highest BCUT2D eigenvalue weighted by atomic mass is 16.5. The fourth-order valence-electron chi connectivity index (χ4n) is 2.25. The van der Waals surface area contributed by atoms with Crippen LogP contribution in [0.2, 0.25) is 0 Å². The van der Waals surface area contributed by atoms with Crippen LogP contribution in [0.25, 0.3) is 0 Å². The molecule has 0 unspecified atom stereocenters. The average Bonchev–Trinajstić information content (AvgIpc) is 2.55. The Hall–Kier alpha value is -2.33. The van der Waals surface area contributed by atoms with E-state index in [1.54, 1.807) is 0 Å². The maximum atomic E-state index is 11.5. The van der Waals surface area contributed by atoms with Crippen molar-refractivity contribution in [3.05, 3.63) is 65.2 Å². The first-order valence-corrected chi connectivity index (χ1v) is 8.30. The van der Waals surface area contributed by atoms with Crippen LogP contribution in [0, 0.1) is 6.92 Å². The van der Waals surface area contributed by atoms with Crippen molar-refractivity contribution in [3.8, 4) is 5.75 Å². The average molecular weight is 326 g/mol. The molecule has 0 fully saturated rings. The van der Waals surface area contributed by atoms with Crippen molar-refractivity contribution in [1.82, 2.24) is 10.6 Å². The smallest absolute Gasteiger partial charge is 0.234 e. The van der Waals surface area contributed by atoms with Gasteiger partial charge in [0.05, 0.1) is 6.54 Å². The van der Waals surface area contributed by atoms with Crippen LogP contribution in [0.3, 0.4) is 0 Å². The van der Waals surface area contributed by atoms with E-state index in [0.717, 1.165) is 16.9 Å². The van der Waals surface area contributed by atoms with Crippen LogP contribution in [0.5, 0.6) is 5.75 Å². The number of hydrogen-bond donors (Lipinski definition) is 2. The quantitative estimate of drug-likeness (QED) is 0.783. The molecule has 2 aromatic carbocycles. The first kappa shape index (κ1) is 18.0. The van der Waals surface area contributed by atoms with Gasteiger partial charge in [-0.25, -0.2) is 0 Å². The predicted molar refractivity (Wildman–Crippen MR) is 96.9 cm³/mol. The van der Waals surface area contributed by atoms with Crippen molar-refractivity contribution in [3.63, 3.8) is 0 Å². The van der Waals surface area contributed by atoms with Gasteiger partial charge in [0.25, 0.3) is 0 Å². The summed E-state index contributed by atoms with van der Waals surface area (Å²) >= 11 is 0. The SMILES string of the molecule is Cc1ccc(COc2ccc(CNCC(=O)NC(C)C)cc2)cc1. The summed E-state index contributed by atoms with van der Waals surface area (Å²) in [6.07, 6.45) is 0. The molecule has 2 aromatic rings. The summed E-state index contributed by atoms with van der Waals surface area (Å²) in [5.74, 6) is 0.861. The molecule has 0 aromatic heterocycles. The van der Waals surface area contributed by atoms with Gasteiger partial charge in [0, 0.05) is 12.6 Å². The number of ether oxygens (including phenoxy) is 1. The predicted octanol–water partition coefficient (Wildman–Crippen LogP) is 3.19. The van der Waals surface area contributed by atoms with Gasteiger partial charge in [-0.05, 0) is 44.0 Å². The molecule has 0 saturated heterocycles. The third-order valence-electron chi connectivity index (χ3n) is 3.51. The fourth-order valence-corrected chi connectivity index (χ4v) is 2.25. The second-order valence-electron chi connectivity index (χ2n) is 6.24. The zero-order valence-corrected chi connectivity index (χ0v) is 14.6. The Kier molecular flexibility index (Phi) is 6.82. The summed E-state index contributed by atoms with van der Waals surface area (Å²) in [6.45, 7) is 7.52. The van der Waals surface area contributed by atoms with Crippen LogP contribution in [0.15, 0.2) is 48.5 Å². The Labute approximate surface area is 144 Å². The molecule has 0 bridgehead atoms. The number of amides is 1. The summed E-state index contributed by atoms with van der Waals surface area (Å²) in [4.78, 5) is 11.5. The van der Waals surface area contributed by atoms with Gasteiger partial charge in [0.2, 0.25) is 5.91 Å². The minimum absolute atomic E-state index is 0.0167. The largest absolute Gasteiger partial charge is 0.489 e. The number of aryl methyl sites for hydroxylation is 1. The molecule has 2 rings (SSSR count). The summed E-state index contributed by atoms with van der Waals surface area (Å²) in [5, 5.41) is 5.99. The van der Waals surface area contributed by atoms with Crippen molar-refractivity contribution < 1.29 is 9.53 Å². The molecule has 128 valence electrons. The van der Waals surface area contributed by atoms with E-state index < -0.39 is 0 Å². The van der Waals surface area contributed by atoms with Crippen LogP contribution in [0.4, 0.5) is 0 Å². The first-order valence-electron chi connectivity index (χ1n) is 8.30. The van der Waals surface area contributed by atoms with E-state index in [9.17, 15) is 4.79 Å². The van der Waals surface area contributed by atoms with E-state index >= 15 is 0 Å². The van der Waals surface area contributed by atoms with Crippen LogP contribution < -0.4 is 15.4 Å². The van der Waals surface area contributed by atoms with Crippen molar-refractivity contribution >= 4 is 5.91 Å². The van der Waals surface area contributed by atoms with Gasteiger partial charge >= 0.3 is 0 Å². The van der Waals surface area contributed by atoms with Gasteiger partial charge < -0.3 is 15.4 Å². The monoisotopic (exact) mass is 326 g/mol. The lowest BCUT2D eigenvalue weighted by Crippen LogP contribution is -2.37. The third kappa shape index (κ3) is 6.42. The standard InChI is InChI=1S/C20H26N2O2/c1-15(2)22-20(23)13-21-12-17-8-10-19(11-9-17)24-14-18-6-4-16(3)5-7-18/h4-11,15,21H,12-14H2,1-3H3,(H,22,23). The molecule has 24 heavy (non-hydrogen) atoms. The van der Waals surface area contributed by atoms with E-state index in [2.05, 4.69) is 41.8 Å². The van der Waals surface area contributed by atoms with Crippen molar-refractivity contribution in [2.75, 3.05) is 6.54 Å². The van der Waals surface area contributed by atoms with Crippen molar-refractivity contribution in [1.29, 1.82) is 0 Å². The molecule has 0 aliphatic rings. The van der Waals surface area contributed by atoms with Gasteiger partial charge in [-0.3, -0.25) is 4.79 Å². The lowest BCUT2D eigenvalue weighted by molar-refractivity contribution is -0.120. The molecule has 1 amide bonds. The molecular formula is C20H26N2O2. The zero-order chi connectivity index (χ0) is 17.4. The number of carbonyl (C=O) groups is 1.